The molecule has 1 saturated heterocycles. The van der Waals surface area contributed by atoms with Gasteiger partial charge in [-0.1, -0.05) is 24.3 Å². The third-order valence-corrected chi connectivity index (χ3v) is 3.70. The Bertz CT molecular complexity index is 359. The summed E-state index contributed by atoms with van der Waals surface area (Å²) in [5.41, 5.74) is 2.66. The van der Waals surface area contributed by atoms with Crippen LogP contribution >= 0.6 is 12.4 Å². The van der Waals surface area contributed by atoms with Crippen molar-refractivity contribution in [3.8, 4) is 0 Å². The molecular weight excluding hydrogens is 246 g/mol. The Balaban J connectivity index is 0.00000162. The summed E-state index contributed by atoms with van der Waals surface area (Å²) in [7, 11) is 0. The minimum Gasteiger partial charge on any atom is -0.371 e. The largest absolute Gasteiger partial charge is 0.371 e. The van der Waals surface area contributed by atoms with E-state index in [9.17, 15) is 0 Å². The minimum absolute atomic E-state index is 0. The highest BCUT2D eigenvalue weighted by Crippen LogP contribution is 2.37. The molecule has 1 aromatic carbocycles. The zero-order chi connectivity index (χ0) is 12.1. The van der Waals surface area contributed by atoms with Crippen LogP contribution in [0, 0.1) is 6.92 Å². The lowest BCUT2D eigenvalue weighted by molar-refractivity contribution is -0.0539. The van der Waals surface area contributed by atoms with Crippen LogP contribution in [0.25, 0.3) is 0 Å². The molecular formula is C15H24ClNO. The van der Waals surface area contributed by atoms with Crippen LogP contribution in [-0.4, -0.2) is 19.7 Å². The van der Waals surface area contributed by atoms with Crippen molar-refractivity contribution in [2.75, 3.05) is 19.7 Å². The molecule has 1 fully saturated rings. The molecule has 1 atom stereocenters. The van der Waals surface area contributed by atoms with Gasteiger partial charge in [-0.15, -0.1) is 12.4 Å². The van der Waals surface area contributed by atoms with Crippen LogP contribution in [0.15, 0.2) is 24.3 Å². The molecule has 102 valence electrons. The van der Waals surface area contributed by atoms with Gasteiger partial charge in [0.25, 0.3) is 0 Å². The van der Waals surface area contributed by atoms with E-state index in [1.54, 1.807) is 0 Å². The molecule has 18 heavy (non-hydrogen) atoms. The highest BCUT2D eigenvalue weighted by molar-refractivity contribution is 5.85. The van der Waals surface area contributed by atoms with E-state index in [-0.39, 0.29) is 18.0 Å². The van der Waals surface area contributed by atoms with E-state index in [1.165, 1.54) is 17.5 Å². The van der Waals surface area contributed by atoms with Gasteiger partial charge in [-0.3, -0.25) is 0 Å². The molecule has 1 aliphatic rings. The Morgan fingerprint density at radius 3 is 2.72 bits per heavy atom. The molecule has 0 aliphatic carbocycles. The molecule has 2 nitrogen and oxygen atoms in total. The summed E-state index contributed by atoms with van der Waals surface area (Å²) in [5.74, 6) is 0. The summed E-state index contributed by atoms with van der Waals surface area (Å²) < 4.78 is 6.18. The summed E-state index contributed by atoms with van der Waals surface area (Å²) in [5, 5.41) is 3.47. The first-order valence-corrected chi connectivity index (χ1v) is 6.69. The number of hydrogen-bond donors (Lipinski definition) is 1. The van der Waals surface area contributed by atoms with Crippen molar-refractivity contribution in [2.45, 2.75) is 38.7 Å². The monoisotopic (exact) mass is 269 g/mol. The van der Waals surface area contributed by atoms with E-state index in [1.807, 2.05) is 0 Å². The van der Waals surface area contributed by atoms with Crippen molar-refractivity contribution in [2.24, 2.45) is 0 Å². The van der Waals surface area contributed by atoms with E-state index < -0.39 is 0 Å². The molecule has 1 aromatic rings. The zero-order valence-corrected chi connectivity index (χ0v) is 12.2. The Morgan fingerprint density at radius 2 is 2.00 bits per heavy atom. The molecule has 0 radical (unpaired) electrons. The Morgan fingerprint density at radius 1 is 1.22 bits per heavy atom. The quantitative estimate of drug-likeness (QED) is 0.908. The fourth-order valence-corrected chi connectivity index (χ4v) is 2.89. The molecule has 0 spiro atoms. The highest BCUT2D eigenvalue weighted by atomic mass is 35.5. The second-order valence-corrected chi connectivity index (χ2v) is 4.85. The number of halogens is 1. The Hall–Kier alpha value is -0.570. The van der Waals surface area contributed by atoms with E-state index in [4.69, 9.17) is 4.74 Å². The molecule has 3 heteroatoms. The zero-order valence-electron chi connectivity index (χ0n) is 11.4. The van der Waals surface area contributed by atoms with Gasteiger partial charge in [-0.05, 0) is 57.3 Å². The van der Waals surface area contributed by atoms with Gasteiger partial charge < -0.3 is 10.1 Å². The molecule has 0 bridgehead atoms. The first-order chi connectivity index (χ1) is 8.28. The lowest BCUT2D eigenvalue weighted by atomic mass is 9.84. The van der Waals surface area contributed by atoms with Crippen LogP contribution in [0.3, 0.4) is 0 Å². The third kappa shape index (κ3) is 3.25. The molecule has 0 saturated carbocycles. The summed E-state index contributed by atoms with van der Waals surface area (Å²) in [6.45, 7) is 7.23. The van der Waals surface area contributed by atoms with Crippen molar-refractivity contribution < 1.29 is 4.74 Å². The maximum atomic E-state index is 6.18. The number of rotatable bonds is 3. The highest BCUT2D eigenvalue weighted by Gasteiger charge is 2.34. The van der Waals surface area contributed by atoms with Crippen LogP contribution in [0.2, 0.25) is 0 Å². The van der Waals surface area contributed by atoms with E-state index in [0.717, 1.165) is 32.5 Å². The number of hydrogen-bond acceptors (Lipinski definition) is 2. The normalized spacial score (nSPS) is 24.1. The van der Waals surface area contributed by atoms with Crippen molar-refractivity contribution >= 4 is 12.4 Å². The van der Waals surface area contributed by atoms with Gasteiger partial charge in [0.15, 0.2) is 0 Å². The van der Waals surface area contributed by atoms with Crippen LogP contribution in [-0.2, 0) is 10.3 Å². The molecule has 1 N–H and O–H groups in total. The summed E-state index contributed by atoms with van der Waals surface area (Å²) in [6, 6.07) is 8.65. The van der Waals surface area contributed by atoms with Crippen LogP contribution in [0.1, 0.15) is 37.3 Å². The Labute approximate surface area is 117 Å². The minimum atomic E-state index is -0.0659. The van der Waals surface area contributed by atoms with Gasteiger partial charge in [0, 0.05) is 6.61 Å². The molecule has 2 rings (SSSR count). The van der Waals surface area contributed by atoms with Crippen LogP contribution in [0.5, 0.6) is 0 Å². The average molecular weight is 270 g/mol. The molecule has 1 heterocycles. The predicted molar refractivity (Wildman–Crippen MR) is 78.5 cm³/mol. The lowest BCUT2D eigenvalue weighted by Crippen LogP contribution is -2.32. The fourth-order valence-electron chi connectivity index (χ4n) is 2.89. The number of nitrogens with one attached hydrogen (secondary N) is 1. The number of ether oxygens (including phenoxy) is 1. The first-order valence-electron chi connectivity index (χ1n) is 6.69. The smallest absolute Gasteiger partial charge is 0.0946 e. The molecule has 1 unspecified atom stereocenters. The maximum Gasteiger partial charge on any atom is 0.0946 e. The molecule has 1 aliphatic heterocycles. The Kier molecular flexibility index (Phi) is 6.13. The van der Waals surface area contributed by atoms with Crippen molar-refractivity contribution in [3.05, 3.63) is 35.4 Å². The average Bonchev–Trinajstić information content (AvgIpc) is 2.57. The van der Waals surface area contributed by atoms with Crippen molar-refractivity contribution in [1.82, 2.24) is 5.32 Å². The number of aryl methyl sites for hydroxylation is 1. The van der Waals surface area contributed by atoms with E-state index >= 15 is 0 Å². The third-order valence-electron chi connectivity index (χ3n) is 3.70. The summed E-state index contributed by atoms with van der Waals surface area (Å²) >= 11 is 0. The first kappa shape index (κ1) is 15.5. The van der Waals surface area contributed by atoms with Gasteiger partial charge in [0.2, 0.25) is 0 Å². The molecule has 0 aromatic heterocycles. The topological polar surface area (TPSA) is 21.3 Å². The predicted octanol–water partition coefficient (Wildman–Crippen LogP) is 3.42. The second-order valence-electron chi connectivity index (χ2n) is 4.85. The van der Waals surface area contributed by atoms with Gasteiger partial charge in [0.05, 0.1) is 5.60 Å². The van der Waals surface area contributed by atoms with E-state index in [2.05, 4.69) is 43.4 Å². The van der Waals surface area contributed by atoms with Gasteiger partial charge in [0.1, 0.15) is 0 Å². The number of benzene rings is 1. The van der Waals surface area contributed by atoms with Crippen LogP contribution < -0.4 is 5.32 Å². The lowest BCUT2D eigenvalue weighted by Gasteiger charge is -2.34. The maximum absolute atomic E-state index is 6.18. The SMILES string of the molecule is CCOC1(c2ccccc2C)CCCNCC1.Cl. The summed E-state index contributed by atoms with van der Waals surface area (Å²) in [4.78, 5) is 0. The second kappa shape index (κ2) is 7.13. The van der Waals surface area contributed by atoms with Gasteiger partial charge in [-0.25, -0.2) is 0 Å². The standard InChI is InChI=1S/C15H23NO.ClH/c1-3-17-15(9-6-11-16-12-10-15)14-8-5-4-7-13(14)2;/h4-5,7-8,16H,3,6,9-12H2,1-2H3;1H. The van der Waals surface area contributed by atoms with E-state index in [0.29, 0.717) is 0 Å². The molecule has 0 amide bonds. The van der Waals surface area contributed by atoms with Crippen molar-refractivity contribution in [1.29, 1.82) is 0 Å². The van der Waals surface area contributed by atoms with Gasteiger partial charge in [-0.2, -0.15) is 0 Å². The fraction of sp³-hybridized carbons (Fsp3) is 0.600. The van der Waals surface area contributed by atoms with Crippen LogP contribution in [0.4, 0.5) is 0 Å². The van der Waals surface area contributed by atoms with Crippen molar-refractivity contribution in [3.63, 3.8) is 0 Å². The summed E-state index contributed by atoms with van der Waals surface area (Å²) in [6.07, 6.45) is 3.39. The van der Waals surface area contributed by atoms with Gasteiger partial charge >= 0.3 is 0 Å².